The molecule has 5 heteroatoms. The minimum Gasteiger partial charge on any atom is -0.380 e. The summed E-state index contributed by atoms with van der Waals surface area (Å²) in [6, 6.07) is 0. The molecule has 2 aliphatic rings. The average Bonchev–Trinajstić information content (AvgIpc) is 2.77. The van der Waals surface area contributed by atoms with E-state index >= 15 is 0 Å². The Hall–Kier alpha value is -1.10. The molecule has 2 amide bonds. The number of hydrogen-bond donors (Lipinski definition) is 1. The van der Waals surface area contributed by atoms with Crippen LogP contribution < -0.4 is 0 Å². The molecule has 0 aromatic rings. The minimum atomic E-state index is -1.23. The van der Waals surface area contributed by atoms with Crippen molar-refractivity contribution >= 4 is 11.8 Å². The second-order valence-corrected chi connectivity index (χ2v) is 6.35. The van der Waals surface area contributed by atoms with Gasteiger partial charge in [-0.25, -0.2) is 0 Å². The number of carbonyl (C=O) groups is 2. The van der Waals surface area contributed by atoms with Gasteiger partial charge in [0.1, 0.15) is 5.60 Å². The fourth-order valence-corrected chi connectivity index (χ4v) is 3.38. The van der Waals surface area contributed by atoms with Gasteiger partial charge in [0.15, 0.2) is 0 Å². The third-order valence-electron chi connectivity index (χ3n) is 4.78. The normalized spacial score (nSPS) is 21.9. The molecule has 5 nitrogen and oxygen atoms in total. The molecule has 1 aliphatic heterocycles. The Kier molecular flexibility index (Phi) is 5.62. The Morgan fingerprint density at radius 1 is 1.05 bits per heavy atom. The first-order valence-electron chi connectivity index (χ1n) is 8.36. The lowest BCUT2D eigenvalue weighted by molar-refractivity contribution is -0.154. The molecule has 0 radical (unpaired) electrons. The van der Waals surface area contributed by atoms with Crippen molar-refractivity contribution in [2.75, 3.05) is 26.2 Å². The molecule has 2 fully saturated rings. The van der Waals surface area contributed by atoms with Crippen molar-refractivity contribution in [3.05, 3.63) is 0 Å². The molecule has 2 rings (SSSR count). The molecule has 1 aliphatic carbocycles. The highest BCUT2D eigenvalue weighted by Crippen LogP contribution is 2.31. The summed E-state index contributed by atoms with van der Waals surface area (Å²) >= 11 is 0. The minimum absolute atomic E-state index is 0.0219. The molecular formula is C16H28N2O3. The maximum absolute atomic E-state index is 12.5. The number of hydrogen-bond acceptors (Lipinski definition) is 3. The van der Waals surface area contributed by atoms with Crippen LogP contribution in [0.1, 0.15) is 58.3 Å². The molecule has 1 saturated carbocycles. The summed E-state index contributed by atoms with van der Waals surface area (Å²) in [6.07, 6.45) is 7.30. The quantitative estimate of drug-likeness (QED) is 0.856. The molecule has 0 aromatic heterocycles. The molecule has 0 bridgehead atoms. The second kappa shape index (κ2) is 7.25. The molecule has 0 atom stereocenters. The predicted octanol–water partition coefficient (Wildman–Crippen LogP) is 1.54. The van der Waals surface area contributed by atoms with Crippen molar-refractivity contribution in [1.29, 1.82) is 0 Å². The highest BCUT2D eigenvalue weighted by Gasteiger charge is 2.41. The molecule has 0 unspecified atom stereocenters. The van der Waals surface area contributed by atoms with Crippen LogP contribution in [0.4, 0.5) is 0 Å². The van der Waals surface area contributed by atoms with E-state index in [9.17, 15) is 14.7 Å². The van der Waals surface area contributed by atoms with Crippen molar-refractivity contribution in [3.63, 3.8) is 0 Å². The van der Waals surface area contributed by atoms with Crippen LogP contribution in [0.25, 0.3) is 0 Å². The van der Waals surface area contributed by atoms with Crippen molar-refractivity contribution in [1.82, 2.24) is 9.80 Å². The van der Waals surface area contributed by atoms with Crippen molar-refractivity contribution in [2.45, 2.75) is 63.9 Å². The predicted molar refractivity (Wildman–Crippen MR) is 80.7 cm³/mol. The summed E-state index contributed by atoms with van der Waals surface area (Å²) in [5, 5.41) is 10.4. The second-order valence-electron chi connectivity index (χ2n) is 6.35. The Morgan fingerprint density at radius 3 is 2.14 bits per heavy atom. The Labute approximate surface area is 127 Å². The van der Waals surface area contributed by atoms with Crippen LogP contribution in [-0.4, -0.2) is 58.5 Å². The van der Waals surface area contributed by atoms with Crippen LogP contribution in [0, 0.1) is 0 Å². The van der Waals surface area contributed by atoms with E-state index in [1.54, 1.807) is 0 Å². The van der Waals surface area contributed by atoms with Crippen molar-refractivity contribution in [2.24, 2.45) is 0 Å². The average molecular weight is 296 g/mol. The number of likely N-dealkylation sites (N-methyl/N-ethyl adjacent to an activating group) is 1. The maximum Gasteiger partial charge on any atom is 0.254 e. The van der Waals surface area contributed by atoms with E-state index in [0.29, 0.717) is 19.4 Å². The van der Waals surface area contributed by atoms with Gasteiger partial charge < -0.3 is 14.9 Å². The van der Waals surface area contributed by atoms with E-state index in [1.807, 2.05) is 11.8 Å². The van der Waals surface area contributed by atoms with Gasteiger partial charge in [0.05, 0.1) is 6.54 Å². The van der Waals surface area contributed by atoms with E-state index < -0.39 is 5.60 Å². The topological polar surface area (TPSA) is 60.9 Å². The number of nitrogens with zero attached hydrogens (tertiary/aromatic N) is 2. The van der Waals surface area contributed by atoms with Crippen LogP contribution in [0.15, 0.2) is 0 Å². The summed E-state index contributed by atoms with van der Waals surface area (Å²) in [5.41, 5.74) is -1.23. The zero-order valence-corrected chi connectivity index (χ0v) is 13.1. The summed E-state index contributed by atoms with van der Waals surface area (Å²) in [6.45, 7) is 4.05. The molecule has 1 heterocycles. The summed E-state index contributed by atoms with van der Waals surface area (Å²) < 4.78 is 0. The number of rotatable bonds is 4. The molecule has 120 valence electrons. The fraction of sp³-hybridized carbons (Fsp3) is 0.875. The lowest BCUT2D eigenvalue weighted by atomic mass is 10.0. The molecule has 21 heavy (non-hydrogen) atoms. The molecule has 0 aromatic carbocycles. The van der Waals surface area contributed by atoms with Crippen LogP contribution in [-0.2, 0) is 9.59 Å². The first-order chi connectivity index (χ1) is 10.1. The lowest BCUT2D eigenvalue weighted by Crippen LogP contribution is -2.51. The van der Waals surface area contributed by atoms with Gasteiger partial charge in [-0.2, -0.15) is 0 Å². The van der Waals surface area contributed by atoms with Crippen LogP contribution in [0.3, 0.4) is 0 Å². The highest BCUT2D eigenvalue weighted by molar-refractivity contribution is 5.89. The summed E-state index contributed by atoms with van der Waals surface area (Å²) in [7, 11) is 0. The number of likely N-dealkylation sites (tertiary alicyclic amines) is 1. The zero-order chi connectivity index (χ0) is 15.3. The van der Waals surface area contributed by atoms with Gasteiger partial charge >= 0.3 is 0 Å². The largest absolute Gasteiger partial charge is 0.380 e. The molecular weight excluding hydrogens is 268 g/mol. The SMILES string of the molecule is CCN(CC(=O)N1CCCCCC1)C(=O)C1(O)CCCC1. The van der Waals surface area contributed by atoms with Crippen molar-refractivity contribution < 1.29 is 14.7 Å². The van der Waals surface area contributed by atoms with E-state index in [2.05, 4.69) is 0 Å². The molecule has 1 N–H and O–H groups in total. The molecule has 0 spiro atoms. The van der Waals surface area contributed by atoms with Gasteiger partial charge in [0, 0.05) is 19.6 Å². The lowest BCUT2D eigenvalue weighted by Gasteiger charge is -2.31. The van der Waals surface area contributed by atoms with Crippen molar-refractivity contribution in [3.8, 4) is 0 Å². The molecule has 1 saturated heterocycles. The van der Waals surface area contributed by atoms with E-state index in [4.69, 9.17) is 0 Å². The van der Waals surface area contributed by atoms with Crippen LogP contribution >= 0.6 is 0 Å². The van der Waals surface area contributed by atoms with Crippen LogP contribution in [0.2, 0.25) is 0 Å². The van der Waals surface area contributed by atoms with Gasteiger partial charge in [-0.05, 0) is 45.4 Å². The summed E-state index contributed by atoms with van der Waals surface area (Å²) in [4.78, 5) is 28.3. The third kappa shape index (κ3) is 3.96. The monoisotopic (exact) mass is 296 g/mol. The van der Waals surface area contributed by atoms with Gasteiger partial charge in [0.25, 0.3) is 5.91 Å². The number of carbonyl (C=O) groups excluding carboxylic acids is 2. The zero-order valence-electron chi connectivity index (χ0n) is 13.1. The Balaban J connectivity index is 1.94. The first kappa shape index (κ1) is 16.3. The van der Waals surface area contributed by atoms with Gasteiger partial charge in [-0.1, -0.05) is 12.8 Å². The summed E-state index contributed by atoms with van der Waals surface area (Å²) in [5.74, 6) is -0.237. The van der Waals surface area contributed by atoms with Gasteiger partial charge in [-0.3, -0.25) is 9.59 Å². The van der Waals surface area contributed by atoms with Crippen LogP contribution in [0.5, 0.6) is 0 Å². The highest BCUT2D eigenvalue weighted by atomic mass is 16.3. The standard InChI is InChI=1S/C16H28N2O3/c1-2-17(15(20)16(21)9-5-6-10-16)13-14(19)18-11-7-3-4-8-12-18/h21H,2-13H2,1H3. The van der Waals surface area contributed by atoms with Gasteiger partial charge in [0.2, 0.25) is 5.91 Å². The number of amides is 2. The third-order valence-corrected chi connectivity index (χ3v) is 4.78. The van der Waals surface area contributed by atoms with E-state index in [-0.39, 0.29) is 18.4 Å². The Morgan fingerprint density at radius 2 is 1.62 bits per heavy atom. The smallest absolute Gasteiger partial charge is 0.254 e. The maximum atomic E-state index is 12.5. The first-order valence-corrected chi connectivity index (χ1v) is 8.36. The fourth-order valence-electron chi connectivity index (χ4n) is 3.38. The Bertz CT molecular complexity index is 370. The van der Waals surface area contributed by atoms with E-state index in [0.717, 1.165) is 38.8 Å². The number of aliphatic hydroxyl groups is 1. The van der Waals surface area contributed by atoms with Gasteiger partial charge in [-0.15, -0.1) is 0 Å². The van der Waals surface area contributed by atoms with E-state index in [1.165, 1.54) is 17.7 Å².